The SMILES string of the molecule is [N-]=[N+]=CC(=O)CC1OC(C(F)(F)F)(C(F)(F)F)OC1=O. The molecule has 1 saturated heterocycles. The number of Topliss-reactive ketones (excluding diaryl/α,β-unsaturated/α-hetero) is 1. The molecule has 0 N–H and O–H groups in total. The van der Waals surface area contributed by atoms with Gasteiger partial charge >= 0.3 is 30.3 Å². The van der Waals surface area contributed by atoms with E-state index in [0.717, 1.165) is 0 Å². The van der Waals surface area contributed by atoms with E-state index in [-0.39, 0.29) is 6.21 Å². The van der Waals surface area contributed by atoms with Crippen LogP contribution in [0.2, 0.25) is 0 Å². The second-order valence-electron chi connectivity index (χ2n) is 3.55. The number of ether oxygens (including phenoxy) is 2. The third kappa shape index (κ3) is 2.65. The Kier molecular flexibility index (Phi) is 3.92. The molecule has 0 aliphatic carbocycles. The maximum absolute atomic E-state index is 12.5. The van der Waals surface area contributed by atoms with Crippen molar-refractivity contribution in [3.05, 3.63) is 5.53 Å². The van der Waals surface area contributed by atoms with Crippen molar-refractivity contribution in [3.63, 3.8) is 0 Å². The van der Waals surface area contributed by atoms with Crippen LogP contribution in [0.1, 0.15) is 6.42 Å². The molecule has 0 amide bonds. The van der Waals surface area contributed by atoms with Gasteiger partial charge in [-0.2, -0.15) is 31.1 Å². The van der Waals surface area contributed by atoms with Crippen LogP contribution in [0, 0.1) is 0 Å². The molecule has 0 spiro atoms. The Bertz CT molecular complexity index is 464. The number of carbonyl (C=O) groups is 2. The lowest BCUT2D eigenvalue weighted by Gasteiger charge is -2.30. The summed E-state index contributed by atoms with van der Waals surface area (Å²) in [6, 6.07) is 0. The minimum atomic E-state index is -6.08. The summed E-state index contributed by atoms with van der Waals surface area (Å²) in [5.41, 5.74) is 7.97. The summed E-state index contributed by atoms with van der Waals surface area (Å²) >= 11 is 0. The van der Waals surface area contributed by atoms with Crippen molar-refractivity contribution in [1.82, 2.24) is 0 Å². The van der Waals surface area contributed by atoms with Crippen LogP contribution in [0.3, 0.4) is 0 Å². The fourth-order valence-electron chi connectivity index (χ4n) is 1.31. The van der Waals surface area contributed by atoms with E-state index in [0.29, 0.717) is 0 Å². The van der Waals surface area contributed by atoms with Crippen LogP contribution in [0.5, 0.6) is 0 Å². The fraction of sp³-hybridized carbons (Fsp3) is 0.625. The van der Waals surface area contributed by atoms with E-state index in [4.69, 9.17) is 5.53 Å². The number of ketones is 1. The molecule has 1 fully saturated rings. The molecule has 0 saturated carbocycles. The normalized spacial score (nSPS) is 22.1. The number of carbonyl (C=O) groups excluding carboxylic acids is 2. The molecular weight excluding hydrogens is 302 g/mol. The average Bonchev–Trinajstić information content (AvgIpc) is 2.56. The molecule has 1 rings (SSSR count). The summed E-state index contributed by atoms with van der Waals surface area (Å²) in [5, 5.41) is 0. The van der Waals surface area contributed by atoms with E-state index in [2.05, 4.69) is 14.3 Å². The third-order valence-electron chi connectivity index (χ3n) is 2.15. The minimum absolute atomic E-state index is 0.192. The first-order chi connectivity index (χ1) is 8.94. The van der Waals surface area contributed by atoms with Gasteiger partial charge in [0.1, 0.15) is 0 Å². The number of cyclic esters (lactones) is 1. The highest BCUT2D eigenvalue weighted by Gasteiger charge is 2.80. The standard InChI is InChI=1S/C8H4F6N2O4/c9-7(10,11)6(8(12,13)14)19-4(5(18)20-6)1-3(17)2-16-15/h2,4H,1H2. The number of rotatable bonds is 3. The highest BCUT2D eigenvalue weighted by atomic mass is 19.4. The Balaban J connectivity index is 3.08. The van der Waals surface area contributed by atoms with Crippen molar-refractivity contribution in [2.45, 2.75) is 30.7 Å². The van der Waals surface area contributed by atoms with Gasteiger partial charge in [-0.05, 0) is 0 Å². The second kappa shape index (κ2) is 4.87. The monoisotopic (exact) mass is 306 g/mol. The molecule has 0 aromatic rings. The van der Waals surface area contributed by atoms with Gasteiger partial charge < -0.3 is 15.0 Å². The van der Waals surface area contributed by atoms with Crippen LogP contribution >= 0.6 is 0 Å². The molecule has 20 heavy (non-hydrogen) atoms. The van der Waals surface area contributed by atoms with Crippen molar-refractivity contribution < 1.29 is 50.2 Å². The van der Waals surface area contributed by atoms with Gasteiger partial charge in [-0.25, -0.2) is 4.79 Å². The molecule has 1 aliphatic rings. The van der Waals surface area contributed by atoms with E-state index in [1.807, 2.05) is 0 Å². The smallest absolute Gasteiger partial charge is 0.414 e. The molecule has 1 atom stereocenters. The third-order valence-corrected chi connectivity index (χ3v) is 2.15. The molecule has 0 radical (unpaired) electrons. The van der Waals surface area contributed by atoms with Crippen molar-refractivity contribution in [2.24, 2.45) is 0 Å². The lowest BCUT2D eigenvalue weighted by atomic mass is 10.2. The summed E-state index contributed by atoms with van der Waals surface area (Å²) in [7, 11) is 0. The summed E-state index contributed by atoms with van der Waals surface area (Å²) in [5.74, 6) is -8.34. The first kappa shape index (κ1) is 16.1. The molecular formula is C8H4F6N2O4. The van der Waals surface area contributed by atoms with Crippen LogP contribution in [0.15, 0.2) is 0 Å². The molecule has 0 aromatic carbocycles. The highest BCUT2D eigenvalue weighted by molar-refractivity contribution is 6.25. The van der Waals surface area contributed by atoms with Crippen LogP contribution in [0.25, 0.3) is 5.53 Å². The lowest BCUT2D eigenvalue weighted by Crippen LogP contribution is -2.58. The van der Waals surface area contributed by atoms with Gasteiger partial charge in [0.2, 0.25) is 5.78 Å². The van der Waals surface area contributed by atoms with Gasteiger partial charge in [-0.1, -0.05) is 0 Å². The van der Waals surface area contributed by atoms with E-state index >= 15 is 0 Å². The summed E-state index contributed by atoms with van der Waals surface area (Å²) in [4.78, 5) is 24.1. The van der Waals surface area contributed by atoms with Crippen molar-refractivity contribution in [2.75, 3.05) is 0 Å². The maximum Gasteiger partial charge on any atom is 0.465 e. The van der Waals surface area contributed by atoms with Gasteiger partial charge in [0.25, 0.3) is 0 Å². The molecule has 1 aliphatic heterocycles. The fourth-order valence-corrected chi connectivity index (χ4v) is 1.31. The lowest BCUT2D eigenvalue weighted by molar-refractivity contribution is -0.439. The molecule has 1 unspecified atom stereocenters. The zero-order chi connectivity index (χ0) is 15.8. The van der Waals surface area contributed by atoms with E-state index in [1.54, 1.807) is 0 Å². The largest absolute Gasteiger partial charge is 0.465 e. The van der Waals surface area contributed by atoms with Crippen molar-refractivity contribution in [3.8, 4) is 0 Å². The number of nitrogens with zero attached hydrogens (tertiary/aromatic N) is 2. The van der Waals surface area contributed by atoms with Gasteiger partial charge in [-0.3, -0.25) is 4.79 Å². The summed E-state index contributed by atoms with van der Waals surface area (Å²) < 4.78 is 81.7. The number of esters is 1. The Hall–Kier alpha value is -1.94. The molecule has 12 heteroatoms. The predicted molar refractivity (Wildman–Crippen MR) is 45.1 cm³/mol. The van der Waals surface area contributed by atoms with Gasteiger partial charge in [0.05, 0.1) is 6.42 Å². The van der Waals surface area contributed by atoms with E-state index in [9.17, 15) is 35.9 Å². The van der Waals surface area contributed by atoms with E-state index in [1.165, 1.54) is 0 Å². The van der Waals surface area contributed by atoms with Gasteiger partial charge in [-0.15, -0.1) is 0 Å². The first-order valence-corrected chi connectivity index (χ1v) is 4.69. The van der Waals surface area contributed by atoms with Crippen molar-refractivity contribution in [1.29, 1.82) is 0 Å². The topological polar surface area (TPSA) is 89.0 Å². The first-order valence-electron chi connectivity index (χ1n) is 4.69. The number of hydrogen-bond acceptors (Lipinski definition) is 4. The predicted octanol–water partition coefficient (Wildman–Crippen LogP) is 1.01. The van der Waals surface area contributed by atoms with Crippen molar-refractivity contribution >= 4 is 18.0 Å². The molecule has 0 bridgehead atoms. The average molecular weight is 306 g/mol. The minimum Gasteiger partial charge on any atom is -0.414 e. The number of hydrogen-bond donors (Lipinski definition) is 0. The number of halogens is 6. The Morgan fingerprint density at radius 3 is 2.15 bits per heavy atom. The molecule has 1 heterocycles. The van der Waals surface area contributed by atoms with E-state index < -0.39 is 42.4 Å². The summed E-state index contributed by atoms with van der Waals surface area (Å²) in [6.45, 7) is 0. The molecule has 112 valence electrons. The Labute approximate surface area is 105 Å². The summed E-state index contributed by atoms with van der Waals surface area (Å²) in [6.07, 6.45) is -15.6. The highest BCUT2D eigenvalue weighted by Crippen LogP contribution is 2.50. The zero-order valence-corrected chi connectivity index (χ0v) is 9.16. The maximum atomic E-state index is 12.5. The molecule has 0 aromatic heterocycles. The van der Waals surface area contributed by atoms with Gasteiger partial charge in [0, 0.05) is 0 Å². The molecule has 6 nitrogen and oxygen atoms in total. The van der Waals surface area contributed by atoms with Gasteiger partial charge in [0.15, 0.2) is 6.10 Å². The Morgan fingerprint density at radius 1 is 1.30 bits per heavy atom. The quantitative estimate of drug-likeness (QED) is 0.256. The van der Waals surface area contributed by atoms with Crippen LogP contribution in [-0.2, 0) is 19.1 Å². The zero-order valence-electron chi connectivity index (χ0n) is 9.16. The Morgan fingerprint density at radius 2 is 1.80 bits per heavy atom. The second-order valence-corrected chi connectivity index (χ2v) is 3.55. The van der Waals surface area contributed by atoms with Crippen LogP contribution in [0.4, 0.5) is 26.3 Å². The van der Waals surface area contributed by atoms with Crippen LogP contribution < -0.4 is 0 Å². The number of alkyl halides is 6. The van der Waals surface area contributed by atoms with Crippen LogP contribution in [-0.4, -0.2) is 47.0 Å².